The zero-order valence-corrected chi connectivity index (χ0v) is 12.6. The van der Waals surface area contributed by atoms with Crippen molar-refractivity contribution in [3.63, 3.8) is 0 Å². The summed E-state index contributed by atoms with van der Waals surface area (Å²) in [6, 6.07) is 12.0. The number of hydrogen-bond acceptors (Lipinski definition) is 3. The molecule has 3 nitrogen and oxygen atoms in total. The summed E-state index contributed by atoms with van der Waals surface area (Å²) in [4.78, 5) is 4.35. The molecule has 1 N–H and O–H groups in total. The van der Waals surface area contributed by atoms with E-state index in [1.807, 2.05) is 30.3 Å². The Balaban J connectivity index is 1.68. The highest BCUT2D eigenvalue weighted by molar-refractivity contribution is 6.30. The minimum Gasteiger partial charge on any atom is -0.439 e. The van der Waals surface area contributed by atoms with Crippen LogP contribution < -0.4 is 10.1 Å². The van der Waals surface area contributed by atoms with E-state index in [-0.39, 0.29) is 0 Å². The predicted molar refractivity (Wildman–Crippen MR) is 84.9 cm³/mol. The number of halogens is 1. The summed E-state index contributed by atoms with van der Waals surface area (Å²) in [5.41, 5.74) is 1.08. The molecule has 0 amide bonds. The summed E-state index contributed by atoms with van der Waals surface area (Å²) < 4.78 is 5.87. The van der Waals surface area contributed by atoms with Crippen molar-refractivity contribution in [2.45, 2.75) is 38.3 Å². The van der Waals surface area contributed by atoms with E-state index in [9.17, 15) is 0 Å². The second-order valence-corrected chi connectivity index (χ2v) is 5.82. The molecule has 1 saturated carbocycles. The third-order valence-corrected chi connectivity index (χ3v) is 4.07. The van der Waals surface area contributed by atoms with Crippen molar-refractivity contribution in [2.24, 2.45) is 0 Å². The van der Waals surface area contributed by atoms with E-state index < -0.39 is 0 Å². The largest absolute Gasteiger partial charge is 0.439 e. The SMILES string of the molecule is Clc1ccc(Oc2ncccc2CNC2CCCC2)cc1. The molecule has 1 aliphatic rings. The average Bonchev–Trinajstić information content (AvgIpc) is 3.02. The number of ether oxygens (including phenoxy) is 1. The van der Waals surface area contributed by atoms with Crippen molar-refractivity contribution in [2.75, 3.05) is 0 Å². The first kappa shape index (κ1) is 14.4. The number of pyridine rings is 1. The molecule has 1 heterocycles. The lowest BCUT2D eigenvalue weighted by Crippen LogP contribution is -2.25. The van der Waals surface area contributed by atoms with Gasteiger partial charge in [0.25, 0.3) is 0 Å². The zero-order valence-electron chi connectivity index (χ0n) is 11.9. The maximum atomic E-state index is 5.89. The van der Waals surface area contributed by atoms with Gasteiger partial charge in [0, 0.05) is 29.4 Å². The molecule has 1 aromatic heterocycles. The van der Waals surface area contributed by atoms with E-state index in [0.29, 0.717) is 16.9 Å². The van der Waals surface area contributed by atoms with Gasteiger partial charge in [-0.15, -0.1) is 0 Å². The number of benzene rings is 1. The smallest absolute Gasteiger partial charge is 0.223 e. The molecule has 21 heavy (non-hydrogen) atoms. The van der Waals surface area contributed by atoms with Crippen molar-refractivity contribution in [3.05, 3.63) is 53.2 Å². The Morgan fingerprint density at radius 2 is 1.90 bits per heavy atom. The van der Waals surface area contributed by atoms with Gasteiger partial charge in [0.15, 0.2) is 0 Å². The summed E-state index contributed by atoms with van der Waals surface area (Å²) in [6.45, 7) is 0.793. The normalized spacial score (nSPS) is 15.3. The van der Waals surface area contributed by atoms with Crippen LogP contribution in [0.25, 0.3) is 0 Å². The van der Waals surface area contributed by atoms with Gasteiger partial charge in [-0.05, 0) is 43.2 Å². The van der Waals surface area contributed by atoms with Gasteiger partial charge in [-0.25, -0.2) is 4.98 Å². The predicted octanol–water partition coefficient (Wildman–Crippen LogP) is 4.56. The summed E-state index contributed by atoms with van der Waals surface area (Å²) in [5, 5.41) is 4.29. The second-order valence-electron chi connectivity index (χ2n) is 5.39. The third-order valence-electron chi connectivity index (χ3n) is 3.81. The summed E-state index contributed by atoms with van der Waals surface area (Å²) in [5.74, 6) is 1.41. The van der Waals surface area contributed by atoms with E-state index in [4.69, 9.17) is 16.3 Å². The van der Waals surface area contributed by atoms with Crippen molar-refractivity contribution < 1.29 is 4.74 Å². The fourth-order valence-corrected chi connectivity index (χ4v) is 2.78. The number of hydrogen-bond donors (Lipinski definition) is 1. The molecule has 1 fully saturated rings. The molecule has 0 bridgehead atoms. The molecule has 3 rings (SSSR count). The molecule has 2 aromatic rings. The Morgan fingerprint density at radius 1 is 1.14 bits per heavy atom. The third kappa shape index (κ3) is 3.96. The molecule has 110 valence electrons. The van der Waals surface area contributed by atoms with Gasteiger partial charge in [-0.3, -0.25) is 0 Å². The van der Waals surface area contributed by atoms with Gasteiger partial charge in [0.05, 0.1) is 0 Å². The summed E-state index contributed by atoms with van der Waals surface area (Å²) in [7, 11) is 0. The number of rotatable bonds is 5. The Labute approximate surface area is 130 Å². The van der Waals surface area contributed by atoms with E-state index in [1.165, 1.54) is 25.7 Å². The number of nitrogens with zero attached hydrogens (tertiary/aromatic N) is 1. The fourth-order valence-electron chi connectivity index (χ4n) is 2.65. The molecule has 1 aliphatic carbocycles. The topological polar surface area (TPSA) is 34.1 Å². The van der Waals surface area contributed by atoms with Gasteiger partial charge in [-0.1, -0.05) is 30.5 Å². The van der Waals surface area contributed by atoms with Gasteiger partial charge in [0.1, 0.15) is 5.75 Å². The van der Waals surface area contributed by atoms with Crippen molar-refractivity contribution in [1.29, 1.82) is 0 Å². The van der Waals surface area contributed by atoms with Crippen LogP contribution in [0, 0.1) is 0 Å². The lowest BCUT2D eigenvalue weighted by molar-refractivity contribution is 0.446. The van der Waals surface area contributed by atoms with Gasteiger partial charge >= 0.3 is 0 Å². The Hall–Kier alpha value is -1.58. The van der Waals surface area contributed by atoms with Crippen molar-refractivity contribution in [3.8, 4) is 11.6 Å². The highest BCUT2D eigenvalue weighted by atomic mass is 35.5. The van der Waals surface area contributed by atoms with E-state index >= 15 is 0 Å². The van der Waals surface area contributed by atoms with Crippen LogP contribution in [0.4, 0.5) is 0 Å². The maximum absolute atomic E-state index is 5.89. The summed E-state index contributed by atoms with van der Waals surface area (Å²) >= 11 is 5.89. The Bertz CT molecular complexity index is 580. The Morgan fingerprint density at radius 3 is 2.67 bits per heavy atom. The first-order valence-corrected chi connectivity index (χ1v) is 7.80. The van der Waals surface area contributed by atoms with Crippen LogP contribution in [0.1, 0.15) is 31.2 Å². The second kappa shape index (κ2) is 6.92. The lowest BCUT2D eigenvalue weighted by Gasteiger charge is -2.14. The minimum atomic E-state index is 0.633. The lowest BCUT2D eigenvalue weighted by atomic mass is 10.2. The van der Waals surface area contributed by atoms with Crippen molar-refractivity contribution >= 4 is 11.6 Å². The maximum Gasteiger partial charge on any atom is 0.223 e. The van der Waals surface area contributed by atoms with Crippen LogP contribution in [-0.2, 0) is 6.54 Å². The number of aromatic nitrogens is 1. The molecule has 0 spiro atoms. The molecular formula is C17H19ClN2O. The van der Waals surface area contributed by atoms with Gasteiger partial charge < -0.3 is 10.1 Å². The molecule has 0 atom stereocenters. The molecule has 0 unspecified atom stereocenters. The summed E-state index contributed by atoms with van der Waals surface area (Å²) in [6.07, 6.45) is 6.96. The van der Waals surface area contributed by atoms with Crippen LogP contribution in [-0.4, -0.2) is 11.0 Å². The van der Waals surface area contributed by atoms with Crippen LogP contribution in [0.2, 0.25) is 5.02 Å². The molecule has 0 aliphatic heterocycles. The molecule has 1 aromatic carbocycles. The molecular weight excluding hydrogens is 284 g/mol. The molecule has 4 heteroatoms. The van der Waals surface area contributed by atoms with Crippen LogP contribution >= 0.6 is 11.6 Å². The van der Waals surface area contributed by atoms with E-state index in [0.717, 1.165) is 17.9 Å². The first-order valence-electron chi connectivity index (χ1n) is 7.42. The highest BCUT2D eigenvalue weighted by Crippen LogP contribution is 2.25. The van der Waals surface area contributed by atoms with Crippen LogP contribution in [0.15, 0.2) is 42.6 Å². The first-order chi connectivity index (χ1) is 10.3. The monoisotopic (exact) mass is 302 g/mol. The zero-order chi connectivity index (χ0) is 14.5. The number of nitrogens with one attached hydrogen (secondary N) is 1. The fraction of sp³-hybridized carbons (Fsp3) is 0.353. The van der Waals surface area contributed by atoms with Crippen LogP contribution in [0.3, 0.4) is 0 Å². The highest BCUT2D eigenvalue weighted by Gasteiger charge is 2.15. The van der Waals surface area contributed by atoms with Crippen LogP contribution in [0.5, 0.6) is 11.6 Å². The van der Waals surface area contributed by atoms with Crippen molar-refractivity contribution in [1.82, 2.24) is 10.3 Å². The van der Waals surface area contributed by atoms with E-state index in [2.05, 4.69) is 16.4 Å². The van der Waals surface area contributed by atoms with Gasteiger partial charge in [-0.2, -0.15) is 0 Å². The standard InChI is InChI=1S/C17H19ClN2O/c18-14-7-9-16(10-8-14)21-17-13(4-3-11-19-17)12-20-15-5-1-2-6-15/h3-4,7-11,15,20H,1-2,5-6,12H2. The minimum absolute atomic E-state index is 0.633. The molecule has 0 saturated heterocycles. The van der Waals surface area contributed by atoms with E-state index in [1.54, 1.807) is 6.20 Å². The Kier molecular flexibility index (Phi) is 4.73. The van der Waals surface area contributed by atoms with Gasteiger partial charge in [0.2, 0.25) is 5.88 Å². The average molecular weight is 303 g/mol. The molecule has 0 radical (unpaired) electrons. The quantitative estimate of drug-likeness (QED) is 0.879.